The summed E-state index contributed by atoms with van der Waals surface area (Å²) in [5, 5.41) is 12.7. The largest absolute Gasteiger partial charge is 0.311 e. The van der Waals surface area contributed by atoms with E-state index >= 15 is 0 Å². The van der Waals surface area contributed by atoms with E-state index in [0.29, 0.717) is 22.2 Å². The van der Waals surface area contributed by atoms with Crippen molar-refractivity contribution in [1.82, 2.24) is 14.8 Å². The summed E-state index contributed by atoms with van der Waals surface area (Å²) in [4.78, 5) is 29.3. The molecule has 0 spiro atoms. The number of hydrogen-bond donors (Lipinski definition) is 2. The summed E-state index contributed by atoms with van der Waals surface area (Å²) in [5.41, 5.74) is 1.67. The second-order valence-corrected chi connectivity index (χ2v) is 10.3. The van der Waals surface area contributed by atoms with Gasteiger partial charge in [-0.3, -0.25) is 14.9 Å². The van der Waals surface area contributed by atoms with Crippen molar-refractivity contribution in [2.45, 2.75) is 58.9 Å². The van der Waals surface area contributed by atoms with Crippen LogP contribution in [0.15, 0.2) is 41.8 Å². The van der Waals surface area contributed by atoms with Crippen LogP contribution in [0.1, 0.15) is 63.3 Å². The second-order valence-electron chi connectivity index (χ2n) is 9.44. The molecule has 0 aliphatic heterocycles. The number of rotatable bonds is 5. The van der Waals surface area contributed by atoms with Crippen molar-refractivity contribution in [1.29, 1.82) is 0 Å². The van der Waals surface area contributed by atoms with E-state index in [1.165, 1.54) is 11.3 Å². The van der Waals surface area contributed by atoms with Crippen molar-refractivity contribution in [3.63, 3.8) is 0 Å². The molecule has 1 aromatic carbocycles. The van der Waals surface area contributed by atoms with Crippen LogP contribution in [0.25, 0.3) is 0 Å². The maximum Gasteiger partial charge on any atom is 0.257 e. The zero-order chi connectivity index (χ0) is 22.8. The maximum atomic E-state index is 12.7. The van der Waals surface area contributed by atoms with E-state index in [9.17, 15) is 9.59 Å². The van der Waals surface area contributed by atoms with Crippen molar-refractivity contribution in [3.05, 3.63) is 58.7 Å². The molecule has 0 saturated carbocycles. The van der Waals surface area contributed by atoms with E-state index in [1.807, 2.05) is 37.6 Å². The minimum absolute atomic E-state index is 0.109. The summed E-state index contributed by atoms with van der Waals surface area (Å²) in [6.07, 6.45) is 0.109. The highest BCUT2D eigenvalue weighted by atomic mass is 32.1. The first kappa shape index (κ1) is 22.7. The molecule has 0 aliphatic rings. The fourth-order valence-electron chi connectivity index (χ4n) is 2.90. The van der Waals surface area contributed by atoms with Gasteiger partial charge in [-0.15, -0.1) is 11.3 Å². The van der Waals surface area contributed by atoms with Gasteiger partial charge in [-0.25, -0.2) is 9.67 Å². The number of carbonyl (C=O) groups excluding carboxylic acids is 2. The monoisotopic (exact) mass is 439 g/mol. The molecule has 0 bridgehead atoms. The van der Waals surface area contributed by atoms with Crippen LogP contribution in [-0.4, -0.2) is 26.6 Å². The zero-order valence-electron chi connectivity index (χ0n) is 18.8. The third-order valence-electron chi connectivity index (χ3n) is 4.53. The van der Waals surface area contributed by atoms with Gasteiger partial charge in [0.1, 0.15) is 5.82 Å². The number of benzene rings is 1. The van der Waals surface area contributed by atoms with E-state index in [-0.39, 0.29) is 29.2 Å². The fourth-order valence-corrected chi connectivity index (χ4v) is 3.61. The van der Waals surface area contributed by atoms with Crippen molar-refractivity contribution in [2.75, 3.05) is 10.6 Å². The number of nitrogens with zero attached hydrogens (tertiary/aromatic N) is 3. The molecule has 31 heavy (non-hydrogen) atoms. The standard InChI is InChI=1S/C23H29N5O2S/c1-22(2,3)17-13-18(28(27-17)23(4,5)6)25-19(29)12-16-14-31-21(24-16)26-20(30)15-10-8-7-9-11-15/h7-11,13-14H,12H2,1-6H3,(H,25,29)(H,24,26,30). The Balaban J connectivity index is 1.68. The highest BCUT2D eigenvalue weighted by Crippen LogP contribution is 2.28. The first-order valence-corrected chi connectivity index (χ1v) is 11.0. The Kier molecular flexibility index (Phi) is 6.31. The minimum atomic E-state index is -0.276. The van der Waals surface area contributed by atoms with Gasteiger partial charge in [-0.2, -0.15) is 5.10 Å². The van der Waals surface area contributed by atoms with Crippen LogP contribution in [0.2, 0.25) is 0 Å². The average Bonchev–Trinajstić information content (AvgIpc) is 3.29. The summed E-state index contributed by atoms with van der Waals surface area (Å²) in [5.74, 6) is 0.252. The van der Waals surface area contributed by atoms with Crippen LogP contribution in [0.3, 0.4) is 0 Å². The number of hydrogen-bond acceptors (Lipinski definition) is 5. The van der Waals surface area contributed by atoms with Gasteiger partial charge in [0, 0.05) is 22.4 Å². The second kappa shape index (κ2) is 8.63. The molecule has 0 aliphatic carbocycles. The van der Waals surface area contributed by atoms with Crippen LogP contribution >= 0.6 is 11.3 Å². The molecular formula is C23H29N5O2S. The predicted octanol–water partition coefficient (Wildman–Crippen LogP) is 4.83. The lowest BCUT2D eigenvalue weighted by Crippen LogP contribution is -2.27. The Hall–Kier alpha value is -3.00. The molecule has 2 heterocycles. The number of nitrogens with one attached hydrogen (secondary N) is 2. The summed E-state index contributed by atoms with van der Waals surface area (Å²) in [6, 6.07) is 10.9. The van der Waals surface area contributed by atoms with Crippen molar-refractivity contribution < 1.29 is 9.59 Å². The van der Waals surface area contributed by atoms with Gasteiger partial charge in [0.2, 0.25) is 5.91 Å². The van der Waals surface area contributed by atoms with E-state index in [4.69, 9.17) is 5.10 Å². The van der Waals surface area contributed by atoms with Crippen LogP contribution in [0, 0.1) is 0 Å². The van der Waals surface area contributed by atoms with E-state index < -0.39 is 0 Å². The lowest BCUT2D eigenvalue weighted by Gasteiger charge is -2.23. The smallest absolute Gasteiger partial charge is 0.257 e. The van der Waals surface area contributed by atoms with Crippen molar-refractivity contribution in [3.8, 4) is 0 Å². The van der Waals surface area contributed by atoms with Gasteiger partial charge in [0.25, 0.3) is 5.91 Å². The maximum absolute atomic E-state index is 12.7. The summed E-state index contributed by atoms with van der Waals surface area (Å²) < 4.78 is 1.85. The molecule has 0 radical (unpaired) electrons. The molecule has 0 unspecified atom stereocenters. The van der Waals surface area contributed by atoms with Crippen LogP contribution in [0.5, 0.6) is 0 Å². The molecule has 7 nitrogen and oxygen atoms in total. The molecule has 2 aromatic heterocycles. The Morgan fingerprint density at radius 3 is 2.32 bits per heavy atom. The van der Waals surface area contributed by atoms with Crippen LogP contribution < -0.4 is 10.6 Å². The molecule has 8 heteroatoms. The molecule has 164 valence electrons. The summed E-state index contributed by atoms with van der Waals surface area (Å²) in [6.45, 7) is 12.4. The summed E-state index contributed by atoms with van der Waals surface area (Å²) in [7, 11) is 0. The van der Waals surface area contributed by atoms with E-state index in [0.717, 1.165) is 5.69 Å². The van der Waals surface area contributed by atoms with Gasteiger partial charge in [-0.1, -0.05) is 39.0 Å². The molecular weight excluding hydrogens is 410 g/mol. The van der Waals surface area contributed by atoms with Crippen molar-refractivity contribution >= 4 is 34.1 Å². The topological polar surface area (TPSA) is 88.9 Å². The van der Waals surface area contributed by atoms with Gasteiger partial charge in [0.05, 0.1) is 23.3 Å². The Morgan fingerprint density at radius 2 is 1.71 bits per heavy atom. The van der Waals surface area contributed by atoms with Gasteiger partial charge < -0.3 is 5.32 Å². The first-order valence-electron chi connectivity index (χ1n) is 10.1. The lowest BCUT2D eigenvalue weighted by molar-refractivity contribution is -0.115. The molecule has 2 amide bonds. The number of aromatic nitrogens is 3. The Bertz CT molecular complexity index is 1070. The lowest BCUT2D eigenvalue weighted by atomic mass is 9.92. The highest BCUT2D eigenvalue weighted by Gasteiger charge is 2.26. The number of thiazole rings is 1. The van der Waals surface area contributed by atoms with Crippen LogP contribution in [0.4, 0.5) is 10.9 Å². The fraction of sp³-hybridized carbons (Fsp3) is 0.391. The third kappa shape index (κ3) is 5.79. The van der Waals surface area contributed by atoms with E-state index in [1.54, 1.807) is 29.6 Å². The SMILES string of the molecule is CC(C)(C)c1cc(NC(=O)Cc2csc(NC(=O)c3ccccc3)n2)n(C(C)(C)C)n1. The normalized spacial score (nSPS) is 11.9. The van der Waals surface area contributed by atoms with E-state index in [2.05, 4.69) is 36.4 Å². The van der Waals surface area contributed by atoms with Gasteiger partial charge in [-0.05, 0) is 32.9 Å². The predicted molar refractivity (Wildman–Crippen MR) is 125 cm³/mol. The highest BCUT2D eigenvalue weighted by molar-refractivity contribution is 7.14. The Labute approximate surface area is 186 Å². The molecule has 0 saturated heterocycles. The number of anilines is 2. The Morgan fingerprint density at radius 1 is 1.03 bits per heavy atom. The molecule has 0 fully saturated rings. The molecule has 2 N–H and O–H groups in total. The van der Waals surface area contributed by atoms with Crippen molar-refractivity contribution in [2.24, 2.45) is 0 Å². The first-order chi connectivity index (χ1) is 14.4. The zero-order valence-corrected chi connectivity index (χ0v) is 19.6. The minimum Gasteiger partial charge on any atom is -0.311 e. The van der Waals surface area contributed by atoms with Gasteiger partial charge >= 0.3 is 0 Å². The third-order valence-corrected chi connectivity index (χ3v) is 5.34. The summed E-state index contributed by atoms with van der Waals surface area (Å²) >= 11 is 1.30. The number of amides is 2. The number of carbonyl (C=O) groups is 2. The average molecular weight is 440 g/mol. The molecule has 0 atom stereocenters. The quantitative estimate of drug-likeness (QED) is 0.596. The molecule has 3 rings (SSSR count). The molecule has 3 aromatic rings. The van der Waals surface area contributed by atoms with Gasteiger partial charge in [0.15, 0.2) is 5.13 Å². The van der Waals surface area contributed by atoms with Crippen LogP contribution in [-0.2, 0) is 22.2 Å².